The van der Waals surface area contributed by atoms with Crippen LogP contribution >= 0.6 is 11.3 Å². The predicted octanol–water partition coefficient (Wildman–Crippen LogP) is 1.76. The van der Waals surface area contributed by atoms with Crippen molar-refractivity contribution in [1.82, 2.24) is 14.9 Å². The van der Waals surface area contributed by atoms with Gasteiger partial charge in [0.05, 0.1) is 4.88 Å². The van der Waals surface area contributed by atoms with E-state index in [1.54, 1.807) is 24.6 Å². The Hall–Kier alpha value is -1.66. The average Bonchev–Trinajstić information content (AvgIpc) is 3.04. The number of aromatic nitrogens is 2. The van der Waals surface area contributed by atoms with Crippen LogP contribution in [-0.4, -0.2) is 35.7 Å². The number of imidazole rings is 1. The molecule has 2 rings (SSSR count). The van der Waals surface area contributed by atoms with Crippen molar-refractivity contribution < 1.29 is 9.53 Å². The fraction of sp³-hybridized carbons (Fsp3) is 0.385. The second kappa shape index (κ2) is 7.06. The standard InChI is InChI=1S/C13H17N3O2S/c1-18-8-3-5-14-12(17)10-16-7-6-15-13(16)11-4-2-9-19-11/h2,4,6-7,9H,3,5,8,10H2,1H3,(H,14,17). The van der Waals surface area contributed by atoms with Gasteiger partial charge in [0, 0.05) is 32.7 Å². The van der Waals surface area contributed by atoms with Gasteiger partial charge in [0.2, 0.25) is 5.91 Å². The van der Waals surface area contributed by atoms with Gasteiger partial charge in [-0.1, -0.05) is 6.07 Å². The SMILES string of the molecule is COCCCNC(=O)Cn1ccnc1-c1cccs1. The Kier molecular flexibility index (Phi) is 5.11. The predicted molar refractivity (Wildman–Crippen MR) is 75.0 cm³/mol. The number of thiophene rings is 1. The number of hydrogen-bond acceptors (Lipinski definition) is 4. The first-order chi connectivity index (χ1) is 9.31. The summed E-state index contributed by atoms with van der Waals surface area (Å²) in [4.78, 5) is 17.2. The number of ether oxygens (including phenoxy) is 1. The topological polar surface area (TPSA) is 56.1 Å². The van der Waals surface area contributed by atoms with E-state index in [0.29, 0.717) is 19.7 Å². The summed E-state index contributed by atoms with van der Waals surface area (Å²) in [5.41, 5.74) is 0. The largest absolute Gasteiger partial charge is 0.385 e. The number of carbonyl (C=O) groups excluding carboxylic acids is 1. The summed E-state index contributed by atoms with van der Waals surface area (Å²) in [6, 6.07) is 3.98. The zero-order valence-corrected chi connectivity index (χ0v) is 11.7. The molecule has 0 bridgehead atoms. The van der Waals surface area contributed by atoms with Gasteiger partial charge in [-0.15, -0.1) is 11.3 Å². The van der Waals surface area contributed by atoms with Gasteiger partial charge in [-0.2, -0.15) is 0 Å². The third kappa shape index (κ3) is 3.90. The minimum atomic E-state index is -0.00749. The van der Waals surface area contributed by atoms with E-state index in [1.807, 2.05) is 28.3 Å². The van der Waals surface area contributed by atoms with Gasteiger partial charge >= 0.3 is 0 Å². The highest BCUT2D eigenvalue weighted by atomic mass is 32.1. The fourth-order valence-electron chi connectivity index (χ4n) is 1.72. The highest BCUT2D eigenvalue weighted by Crippen LogP contribution is 2.22. The van der Waals surface area contributed by atoms with Gasteiger partial charge in [0.15, 0.2) is 0 Å². The molecule has 2 heterocycles. The molecule has 0 atom stereocenters. The van der Waals surface area contributed by atoms with Crippen LogP contribution in [0.5, 0.6) is 0 Å². The number of nitrogens with zero attached hydrogens (tertiary/aromatic N) is 2. The Morgan fingerprint density at radius 3 is 3.21 bits per heavy atom. The maximum atomic E-state index is 11.8. The van der Waals surface area contributed by atoms with Crippen molar-refractivity contribution in [1.29, 1.82) is 0 Å². The van der Waals surface area contributed by atoms with E-state index in [1.165, 1.54) is 0 Å². The lowest BCUT2D eigenvalue weighted by Crippen LogP contribution is -2.29. The Morgan fingerprint density at radius 2 is 2.47 bits per heavy atom. The molecular formula is C13H17N3O2S. The minimum Gasteiger partial charge on any atom is -0.385 e. The highest BCUT2D eigenvalue weighted by Gasteiger charge is 2.09. The van der Waals surface area contributed by atoms with Crippen LogP contribution in [0.1, 0.15) is 6.42 Å². The van der Waals surface area contributed by atoms with Gasteiger partial charge < -0.3 is 14.6 Å². The van der Waals surface area contributed by atoms with Crippen LogP contribution < -0.4 is 5.32 Å². The number of carbonyl (C=O) groups is 1. The molecule has 0 radical (unpaired) electrons. The summed E-state index contributed by atoms with van der Waals surface area (Å²) in [5.74, 6) is 0.828. The van der Waals surface area contributed by atoms with Crippen molar-refractivity contribution in [2.75, 3.05) is 20.3 Å². The average molecular weight is 279 g/mol. The third-order valence-corrected chi connectivity index (χ3v) is 3.48. The molecular weight excluding hydrogens is 262 g/mol. The van der Waals surface area contributed by atoms with Gasteiger partial charge in [0.25, 0.3) is 0 Å². The highest BCUT2D eigenvalue weighted by molar-refractivity contribution is 7.13. The van der Waals surface area contributed by atoms with E-state index in [2.05, 4.69) is 10.3 Å². The first-order valence-corrected chi connectivity index (χ1v) is 7.00. The first-order valence-electron chi connectivity index (χ1n) is 6.12. The van der Waals surface area contributed by atoms with Crippen molar-refractivity contribution in [3.05, 3.63) is 29.9 Å². The van der Waals surface area contributed by atoms with Crippen molar-refractivity contribution >= 4 is 17.2 Å². The lowest BCUT2D eigenvalue weighted by atomic mass is 10.4. The quantitative estimate of drug-likeness (QED) is 0.786. The smallest absolute Gasteiger partial charge is 0.239 e. The van der Waals surface area contributed by atoms with Gasteiger partial charge in [0.1, 0.15) is 12.4 Å². The number of hydrogen-bond donors (Lipinski definition) is 1. The van der Waals surface area contributed by atoms with E-state index in [-0.39, 0.29) is 5.91 Å². The lowest BCUT2D eigenvalue weighted by Gasteiger charge is -2.07. The maximum absolute atomic E-state index is 11.8. The Bertz CT molecular complexity index is 508. The summed E-state index contributed by atoms with van der Waals surface area (Å²) >= 11 is 1.61. The van der Waals surface area contributed by atoms with Crippen LogP contribution in [0, 0.1) is 0 Å². The second-order valence-corrected chi connectivity index (χ2v) is 5.00. The van der Waals surface area contributed by atoms with E-state index < -0.39 is 0 Å². The van der Waals surface area contributed by atoms with E-state index in [0.717, 1.165) is 17.1 Å². The molecule has 6 heteroatoms. The molecule has 0 aromatic carbocycles. The van der Waals surface area contributed by atoms with Crippen LogP contribution in [0.25, 0.3) is 10.7 Å². The summed E-state index contributed by atoms with van der Waals surface area (Å²) < 4.78 is 6.79. The van der Waals surface area contributed by atoms with Crippen molar-refractivity contribution in [3.63, 3.8) is 0 Å². The number of methoxy groups -OCH3 is 1. The molecule has 5 nitrogen and oxygen atoms in total. The Morgan fingerprint density at radius 1 is 1.58 bits per heavy atom. The molecule has 0 fully saturated rings. The summed E-state index contributed by atoms with van der Waals surface area (Å²) in [5, 5.41) is 4.86. The maximum Gasteiger partial charge on any atom is 0.239 e. The first kappa shape index (κ1) is 13.8. The van der Waals surface area contributed by atoms with Crippen molar-refractivity contribution in [2.24, 2.45) is 0 Å². The zero-order valence-electron chi connectivity index (χ0n) is 10.8. The van der Waals surface area contributed by atoms with Crippen LogP contribution in [-0.2, 0) is 16.1 Å². The number of nitrogens with one attached hydrogen (secondary N) is 1. The van der Waals surface area contributed by atoms with Gasteiger partial charge in [-0.3, -0.25) is 4.79 Å². The van der Waals surface area contributed by atoms with E-state index in [9.17, 15) is 4.79 Å². The minimum absolute atomic E-state index is 0.00749. The van der Waals surface area contributed by atoms with Gasteiger partial charge in [-0.25, -0.2) is 4.98 Å². The number of amides is 1. The van der Waals surface area contributed by atoms with Crippen LogP contribution in [0.3, 0.4) is 0 Å². The third-order valence-electron chi connectivity index (χ3n) is 2.62. The molecule has 0 saturated heterocycles. The molecule has 1 N–H and O–H groups in total. The monoisotopic (exact) mass is 279 g/mol. The molecule has 0 spiro atoms. The molecule has 0 saturated carbocycles. The Labute approximate surface area is 116 Å². The second-order valence-electron chi connectivity index (χ2n) is 4.05. The van der Waals surface area contributed by atoms with Gasteiger partial charge in [-0.05, 0) is 17.9 Å². The normalized spacial score (nSPS) is 10.6. The Balaban J connectivity index is 1.89. The van der Waals surface area contributed by atoms with E-state index in [4.69, 9.17) is 4.74 Å². The van der Waals surface area contributed by atoms with E-state index >= 15 is 0 Å². The molecule has 0 aliphatic carbocycles. The molecule has 102 valence electrons. The molecule has 2 aromatic heterocycles. The molecule has 1 amide bonds. The van der Waals surface area contributed by atoms with Crippen LogP contribution in [0.15, 0.2) is 29.9 Å². The van der Waals surface area contributed by atoms with Crippen LogP contribution in [0.4, 0.5) is 0 Å². The molecule has 0 unspecified atom stereocenters. The summed E-state index contributed by atoms with van der Waals surface area (Å²) in [6.45, 7) is 1.59. The zero-order chi connectivity index (χ0) is 13.5. The van der Waals surface area contributed by atoms with Crippen molar-refractivity contribution in [2.45, 2.75) is 13.0 Å². The van der Waals surface area contributed by atoms with Crippen LogP contribution in [0.2, 0.25) is 0 Å². The lowest BCUT2D eigenvalue weighted by molar-refractivity contribution is -0.121. The molecule has 19 heavy (non-hydrogen) atoms. The molecule has 0 aliphatic heterocycles. The summed E-state index contributed by atoms with van der Waals surface area (Å²) in [6.07, 6.45) is 4.36. The number of rotatable bonds is 7. The fourth-order valence-corrected chi connectivity index (χ4v) is 2.46. The molecule has 2 aromatic rings. The summed E-state index contributed by atoms with van der Waals surface area (Å²) in [7, 11) is 1.65. The van der Waals surface area contributed by atoms with Crippen molar-refractivity contribution in [3.8, 4) is 10.7 Å². The molecule has 0 aliphatic rings.